The standard InChI is InChI=1S/C13H25N3O/c1-10-11(7-14-16(10)6)8-15(5)12(9-17)13(2,3)4/h7,12,17H,8-9H2,1-6H3. The van der Waals surface area contributed by atoms with Gasteiger partial charge in [0.15, 0.2) is 0 Å². The quantitative estimate of drug-likeness (QED) is 0.867. The van der Waals surface area contributed by atoms with Crippen molar-refractivity contribution in [3.63, 3.8) is 0 Å². The summed E-state index contributed by atoms with van der Waals surface area (Å²) >= 11 is 0. The zero-order valence-corrected chi connectivity index (χ0v) is 11.9. The second-order valence-electron chi connectivity index (χ2n) is 5.86. The Labute approximate surface area is 104 Å². The fourth-order valence-electron chi connectivity index (χ4n) is 2.15. The maximum absolute atomic E-state index is 9.52. The van der Waals surface area contributed by atoms with Crippen molar-refractivity contribution in [3.05, 3.63) is 17.5 Å². The molecular formula is C13H25N3O. The fraction of sp³-hybridized carbons (Fsp3) is 0.769. The first kappa shape index (κ1) is 14.2. The molecule has 0 aliphatic rings. The monoisotopic (exact) mass is 239 g/mol. The Morgan fingerprint density at radius 3 is 2.41 bits per heavy atom. The number of aliphatic hydroxyl groups is 1. The number of aryl methyl sites for hydroxylation is 1. The summed E-state index contributed by atoms with van der Waals surface area (Å²) in [5.41, 5.74) is 2.47. The minimum absolute atomic E-state index is 0.0691. The Hall–Kier alpha value is -0.870. The van der Waals surface area contributed by atoms with E-state index in [0.717, 1.165) is 6.54 Å². The van der Waals surface area contributed by atoms with Crippen molar-refractivity contribution in [1.82, 2.24) is 14.7 Å². The SMILES string of the molecule is Cc1c(CN(C)C(CO)C(C)(C)C)cnn1C. The first-order chi connectivity index (χ1) is 7.77. The molecule has 17 heavy (non-hydrogen) atoms. The summed E-state index contributed by atoms with van der Waals surface area (Å²) < 4.78 is 1.88. The average molecular weight is 239 g/mol. The number of aromatic nitrogens is 2. The topological polar surface area (TPSA) is 41.3 Å². The van der Waals surface area contributed by atoms with Crippen molar-refractivity contribution < 1.29 is 5.11 Å². The van der Waals surface area contributed by atoms with Crippen molar-refractivity contribution in [2.75, 3.05) is 13.7 Å². The molecule has 0 saturated carbocycles. The maximum atomic E-state index is 9.52. The van der Waals surface area contributed by atoms with Gasteiger partial charge < -0.3 is 5.11 Å². The molecule has 0 aliphatic heterocycles. The molecule has 0 aromatic carbocycles. The van der Waals surface area contributed by atoms with Crippen LogP contribution in [0.5, 0.6) is 0 Å². The number of hydrogen-bond donors (Lipinski definition) is 1. The minimum Gasteiger partial charge on any atom is -0.395 e. The molecule has 1 heterocycles. The third-order valence-corrected chi connectivity index (χ3v) is 3.46. The molecule has 0 spiro atoms. The molecule has 1 aromatic rings. The normalized spacial score (nSPS) is 14.4. The summed E-state index contributed by atoms with van der Waals surface area (Å²) in [7, 11) is 4.00. The van der Waals surface area contributed by atoms with Gasteiger partial charge in [-0.1, -0.05) is 20.8 Å². The van der Waals surface area contributed by atoms with Crippen molar-refractivity contribution in [3.8, 4) is 0 Å². The Morgan fingerprint density at radius 2 is 2.06 bits per heavy atom. The lowest BCUT2D eigenvalue weighted by molar-refractivity contribution is 0.0613. The molecular weight excluding hydrogens is 214 g/mol. The van der Waals surface area contributed by atoms with Crippen LogP contribution in [-0.4, -0.2) is 39.5 Å². The highest BCUT2D eigenvalue weighted by Crippen LogP contribution is 2.24. The van der Waals surface area contributed by atoms with E-state index in [-0.39, 0.29) is 18.1 Å². The van der Waals surface area contributed by atoms with Crippen molar-refractivity contribution in [1.29, 1.82) is 0 Å². The van der Waals surface area contributed by atoms with Crippen molar-refractivity contribution >= 4 is 0 Å². The molecule has 1 atom stereocenters. The number of nitrogens with zero attached hydrogens (tertiary/aromatic N) is 3. The Balaban J connectivity index is 2.78. The number of hydrogen-bond acceptors (Lipinski definition) is 3. The smallest absolute Gasteiger partial charge is 0.0591 e. The summed E-state index contributed by atoms with van der Waals surface area (Å²) in [5, 5.41) is 13.8. The highest BCUT2D eigenvalue weighted by Gasteiger charge is 2.28. The summed E-state index contributed by atoms with van der Waals surface area (Å²) in [5.74, 6) is 0. The van der Waals surface area contributed by atoms with Crippen LogP contribution in [0.3, 0.4) is 0 Å². The Bertz CT molecular complexity index is 365. The molecule has 1 aromatic heterocycles. The van der Waals surface area contributed by atoms with Crippen LogP contribution >= 0.6 is 0 Å². The molecule has 0 fully saturated rings. The van der Waals surface area contributed by atoms with Gasteiger partial charge in [0.2, 0.25) is 0 Å². The lowest BCUT2D eigenvalue weighted by Crippen LogP contribution is -2.44. The second kappa shape index (κ2) is 5.19. The van der Waals surface area contributed by atoms with Crippen LogP contribution in [0.4, 0.5) is 0 Å². The summed E-state index contributed by atoms with van der Waals surface area (Å²) in [4.78, 5) is 2.20. The first-order valence-electron chi connectivity index (χ1n) is 6.06. The van der Waals surface area contributed by atoms with Crippen LogP contribution in [0.25, 0.3) is 0 Å². The van der Waals surface area contributed by atoms with Gasteiger partial charge in [0.1, 0.15) is 0 Å². The third-order valence-electron chi connectivity index (χ3n) is 3.46. The van der Waals surface area contributed by atoms with Gasteiger partial charge in [-0.15, -0.1) is 0 Å². The van der Waals surface area contributed by atoms with E-state index in [0.29, 0.717) is 0 Å². The predicted octanol–water partition coefficient (Wildman–Crippen LogP) is 1.57. The van der Waals surface area contributed by atoms with E-state index >= 15 is 0 Å². The van der Waals surface area contributed by atoms with E-state index in [1.54, 1.807) is 0 Å². The molecule has 1 rings (SSSR count). The molecule has 4 heteroatoms. The molecule has 0 amide bonds. The summed E-state index contributed by atoms with van der Waals surface area (Å²) in [6.07, 6.45) is 1.91. The van der Waals surface area contributed by atoms with Crippen LogP contribution < -0.4 is 0 Å². The van der Waals surface area contributed by atoms with Crippen LogP contribution in [0.1, 0.15) is 32.0 Å². The molecule has 0 bridgehead atoms. The lowest BCUT2D eigenvalue weighted by Gasteiger charge is -2.36. The van der Waals surface area contributed by atoms with Gasteiger partial charge in [-0.05, 0) is 19.4 Å². The second-order valence-corrected chi connectivity index (χ2v) is 5.86. The number of likely N-dealkylation sites (N-methyl/N-ethyl adjacent to an activating group) is 1. The molecule has 98 valence electrons. The van der Waals surface area contributed by atoms with Crippen LogP contribution in [0.2, 0.25) is 0 Å². The summed E-state index contributed by atoms with van der Waals surface area (Å²) in [6.45, 7) is 9.53. The first-order valence-corrected chi connectivity index (χ1v) is 6.06. The minimum atomic E-state index is 0.0691. The highest BCUT2D eigenvalue weighted by molar-refractivity contribution is 5.15. The van der Waals surface area contributed by atoms with Crippen molar-refractivity contribution in [2.45, 2.75) is 40.3 Å². The van der Waals surface area contributed by atoms with Crippen LogP contribution in [0.15, 0.2) is 6.20 Å². The van der Waals surface area contributed by atoms with E-state index in [9.17, 15) is 5.11 Å². The molecule has 0 saturated heterocycles. The number of aliphatic hydroxyl groups excluding tert-OH is 1. The van der Waals surface area contributed by atoms with E-state index in [1.807, 2.05) is 17.9 Å². The van der Waals surface area contributed by atoms with Gasteiger partial charge in [0, 0.05) is 30.9 Å². The van der Waals surface area contributed by atoms with Gasteiger partial charge in [-0.3, -0.25) is 9.58 Å². The van der Waals surface area contributed by atoms with Gasteiger partial charge in [0.25, 0.3) is 0 Å². The molecule has 1 unspecified atom stereocenters. The van der Waals surface area contributed by atoms with Gasteiger partial charge in [-0.25, -0.2) is 0 Å². The zero-order valence-electron chi connectivity index (χ0n) is 11.9. The third kappa shape index (κ3) is 3.30. The lowest BCUT2D eigenvalue weighted by atomic mass is 9.86. The Kier molecular flexibility index (Phi) is 4.33. The van der Waals surface area contributed by atoms with E-state index in [2.05, 4.69) is 44.7 Å². The predicted molar refractivity (Wildman–Crippen MR) is 69.7 cm³/mol. The van der Waals surface area contributed by atoms with Gasteiger partial charge >= 0.3 is 0 Å². The average Bonchev–Trinajstić information content (AvgIpc) is 2.48. The molecule has 4 nitrogen and oxygen atoms in total. The van der Waals surface area contributed by atoms with Gasteiger partial charge in [0.05, 0.1) is 12.8 Å². The maximum Gasteiger partial charge on any atom is 0.0591 e. The van der Waals surface area contributed by atoms with Gasteiger partial charge in [-0.2, -0.15) is 5.10 Å². The largest absolute Gasteiger partial charge is 0.395 e. The highest BCUT2D eigenvalue weighted by atomic mass is 16.3. The van der Waals surface area contributed by atoms with Crippen LogP contribution in [0, 0.1) is 12.3 Å². The Morgan fingerprint density at radius 1 is 1.47 bits per heavy atom. The van der Waals surface area contributed by atoms with E-state index < -0.39 is 0 Å². The van der Waals surface area contributed by atoms with Crippen molar-refractivity contribution in [2.24, 2.45) is 12.5 Å². The molecule has 0 radical (unpaired) electrons. The van der Waals surface area contributed by atoms with E-state index in [1.165, 1.54) is 11.3 Å². The molecule has 1 N–H and O–H groups in total. The zero-order chi connectivity index (χ0) is 13.2. The number of rotatable bonds is 4. The summed E-state index contributed by atoms with van der Waals surface area (Å²) in [6, 6.07) is 0.155. The fourth-order valence-corrected chi connectivity index (χ4v) is 2.15. The van der Waals surface area contributed by atoms with E-state index in [4.69, 9.17) is 0 Å². The molecule has 0 aliphatic carbocycles. The van der Waals surface area contributed by atoms with Crippen LogP contribution in [-0.2, 0) is 13.6 Å².